The van der Waals surface area contributed by atoms with E-state index in [-0.39, 0.29) is 0 Å². The summed E-state index contributed by atoms with van der Waals surface area (Å²) in [4.78, 5) is 0. The smallest absolute Gasteiger partial charge is 0.170 e. The van der Waals surface area contributed by atoms with Crippen LogP contribution in [-0.4, -0.2) is 12.2 Å². The zero-order valence-electron chi connectivity index (χ0n) is 9.29. The zero-order valence-corrected chi connectivity index (χ0v) is 9.29. The van der Waals surface area contributed by atoms with Gasteiger partial charge >= 0.3 is 0 Å². The van der Waals surface area contributed by atoms with Gasteiger partial charge in [-0.25, -0.2) is 0 Å². The van der Waals surface area contributed by atoms with Crippen LogP contribution in [0.25, 0.3) is 11.3 Å². The topological polar surface area (TPSA) is 38.1 Å². The Hall–Kier alpha value is -1.61. The van der Waals surface area contributed by atoms with E-state index in [0.29, 0.717) is 0 Å². The van der Waals surface area contributed by atoms with Crippen LogP contribution in [0.4, 0.5) is 0 Å². The van der Waals surface area contributed by atoms with Gasteiger partial charge in [0.15, 0.2) is 5.76 Å². The van der Waals surface area contributed by atoms with Crippen LogP contribution in [-0.2, 0) is 19.4 Å². The number of hydrogen-bond donors (Lipinski definition) is 1. The molecule has 0 aliphatic heterocycles. The van der Waals surface area contributed by atoms with Crippen molar-refractivity contribution in [1.29, 1.82) is 0 Å². The largest absolute Gasteiger partial charge is 0.356 e. The van der Waals surface area contributed by atoms with E-state index in [9.17, 15) is 0 Å². The third-order valence-corrected chi connectivity index (χ3v) is 3.12. The second kappa shape index (κ2) is 3.76. The standard InChI is InChI=1S/C13H14N2O/c1-14-8-12-11-7-6-9-4-2-3-5-10(9)13(11)16-15-12/h2-5,14H,6-8H2,1H3. The highest BCUT2D eigenvalue weighted by Crippen LogP contribution is 2.34. The fourth-order valence-corrected chi connectivity index (χ4v) is 2.34. The molecule has 0 amide bonds. The van der Waals surface area contributed by atoms with Gasteiger partial charge in [0.25, 0.3) is 0 Å². The summed E-state index contributed by atoms with van der Waals surface area (Å²) in [7, 11) is 1.93. The predicted octanol–water partition coefficient (Wildman–Crippen LogP) is 2.16. The molecule has 0 radical (unpaired) electrons. The molecule has 0 saturated carbocycles. The molecule has 0 atom stereocenters. The number of fused-ring (bicyclic) bond motifs is 3. The Kier molecular flexibility index (Phi) is 2.26. The third kappa shape index (κ3) is 1.36. The van der Waals surface area contributed by atoms with E-state index in [4.69, 9.17) is 4.52 Å². The summed E-state index contributed by atoms with van der Waals surface area (Å²) in [5, 5.41) is 7.27. The molecule has 82 valence electrons. The predicted molar refractivity (Wildman–Crippen MR) is 62.1 cm³/mol. The highest BCUT2D eigenvalue weighted by molar-refractivity contribution is 5.68. The van der Waals surface area contributed by atoms with Crippen LogP contribution in [0.5, 0.6) is 0 Å². The average molecular weight is 214 g/mol. The average Bonchev–Trinajstić information content (AvgIpc) is 2.73. The first-order valence-corrected chi connectivity index (χ1v) is 5.60. The minimum Gasteiger partial charge on any atom is -0.356 e. The molecule has 0 bridgehead atoms. The van der Waals surface area contributed by atoms with Crippen molar-refractivity contribution in [2.75, 3.05) is 7.05 Å². The van der Waals surface area contributed by atoms with Gasteiger partial charge in [-0.3, -0.25) is 0 Å². The lowest BCUT2D eigenvalue weighted by Gasteiger charge is -2.14. The third-order valence-electron chi connectivity index (χ3n) is 3.12. The fraction of sp³-hybridized carbons (Fsp3) is 0.308. The van der Waals surface area contributed by atoms with E-state index in [1.807, 2.05) is 13.1 Å². The molecule has 0 unspecified atom stereocenters. The molecule has 0 spiro atoms. The fourth-order valence-electron chi connectivity index (χ4n) is 2.34. The van der Waals surface area contributed by atoms with Gasteiger partial charge in [-0.2, -0.15) is 0 Å². The number of nitrogens with one attached hydrogen (secondary N) is 1. The Bertz CT molecular complexity index is 516. The van der Waals surface area contributed by atoms with E-state index in [2.05, 4.69) is 28.7 Å². The van der Waals surface area contributed by atoms with E-state index >= 15 is 0 Å². The normalized spacial score (nSPS) is 13.3. The summed E-state index contributed by atoms with van der Waals surface area (Å²) in [5.41, 5.74) is 4.89. The van der Waals surface area contributed by atoms with Crippen molar-refractivity contribution in [3.05, 3.63) is 41.1 Å². The SMILES string of the molecule is CNCc1noc2c1CCc1ccccc1-2. The summed E-state index contributed by atoms with van der Waals surface area (Å²) < 4.78 is 5.48. The van der Waals surface area contributed by atoms with Crippen molar-refractivity contribution < 1.29 is 4.52 Å². The summed E-state index contributed by atoms with van der Waals surface area (Å²) in [6.45, 7) is 0.779. The second-order valence-electron chi connectivity index (χ2n) is 4.12. The van der Waals surface area contributed by atoms with Crippen LogP contribution < -0.4 is 5.32 Å². The maximum absolute atomic E-state index is 5.48. The molecular formula is C13H14N2O. The van der Waals surface area contributed by atoms with E-state index in [0.717, 1.165) is 30.8 Å². The summed E-state index contributed by atoms with van der Waals surface area (Å²) in [6, 6.07) is 8.41. The molecule has 3 rings (SSSR count). The Morgan fingerprint density at radius 2 is 2.19 bits per heavy atom. The first kappa shape index (κ1) is 9.60. The van der Waals surface area contributed by atoms with Crippen LogP contribution in [0.2, 0.25) is 0 Å². The van der Waals surface area contributed by atoms with Crippen LogP contribution >= 0.6 is 0 Å². The maximum atomic E-state index is 5.48. The van der Waals surface area contributed by atoms with E-state index in [1.54, 1.807) is 0 Å². The quantitative estimate of drug-likeness (QED) is 0.832. The van der Waals surface area contributed by atoms with Gasteiger partial charge < -0.3 is 9.84 Å². The molecule has 1 N–H and O–H groups in total. The van der Waals surface area contributed by atoms with Gasteiger partial charge in [0.1, 0.15) is 5.69 Å². The van der Waals surface area contributed by atoms with Crippen LogP contribution in [0.15, 0.2) is 28.8 Å². The first-order chi connectivity index (χ1) is 7.90. The lowest BCUT2D eigenvalue weighted by Crippen LogP contribution is -2.10. The Labute approximate surface area is 94.5 Å². The Balaban J connectivity index is 2.12. The molecule has 0 saturated heterocycles. The number of nitrogens with zero attached hydrogens (tertiary/aromatic N) is 1. The number of aromatic nitrogens is 1. The summed E-state index contributed by atoms with van der Waals surface area (Å²) in [5.74, 6) is 0.965. The molecule has 1 aromatic carbocycles. The van der Waals surface area contributed by atoms with Crippen molar-refractivity contribution in [3.63, 3.8) is 0 Å². The van der Waals surface area contributed by atoms with Crippen molar-refractivity contribution in [1.82, 2.24) is 10.5 Å². The van der Waals surface area contributed by atoms with Crippen molar-refractivity contribution in [3.8, 4) is 11.3 Å². The zero-order chi connectivity index (χ0) is 11.0. The van der Waals surface area contributed by atoms with Crippen LogP contribution in [0.1, 0.15) is 16.8 Å². The molecule has 1 heterocycles. The lowest BCUT2D eigenvalue weighted by molar-refractivity contribution is 0.420. The van der Waals surface area contributed by atoms with Crippen molar-refractivity contribution in [2.24, 2.45) is 0 Å². The first-order valence-electron chi connectivity index (χ1n) is 5.60. The van der Waals surface area contributed by atoms with Gasteiger partial charge in [0.05, 0.1) is 0 Å². The number of rotatable bonds is 2. The van der Waals surface area contributed by atoms with Crippen molar-refractivity contribution in [2.45, 2.75) is 19.4 Å². The number of benzene rings is 1. The Morgan fingerprint density at radius 3 is 3.06 bits per heavy atom. The molecule has 16 heavy (non-hydrogen) atoms. The van der Waals surface area contributed by atoms with Crippen LogP contribution in [0, 0.1) is 0 Å². The maximum Gasteiger partial charge on any atom is 0.170 e. The minimum atomic E-state index is 0.779. The van der Waals surface area contributed by atoms with Gasteiger partial charge in [0, 0.05) is 17.7 Å². The monoisotopic (exact) mass is 214 g/mol. The molecule has 1 aliphatic rings. The molecule has 1 aliphatic carbocycles. The van der Waals surface area contributed by atoms with Gasteiger partial charge in [-0.05, 0) is 25.5 Å². The highest BCUT2D eigenvalue weighted by atomic mass is 16.5. The highest BCUT2D eigenvalue weighted by Gasteiger charge is 2.23. The minimum absolute atomic E-state index is 0.779. The molecular weight excluding hydrogens is 200 g/mol. The Morgan fingerprint density at radius 1 is 1.31 bits per heavy atom. The lowest BCUT2D eigenvalue weighted by atomic mass is 9.90. The molecule has 0 fully saturated rings. The van der Waals surface area contributed by atoms with Gasteiger partial charge in [-0.15, -0.1) is 0 Å². The number of hydrogen-bond acceptors (Lipinski definition) is 3. The molecule has 2 aromatic rings. The summed E-state index contributed by atoms with van der Waals surface area (Å²) in [6.07, 6.45) is 2.12. The molecule has 1 aromatic heterocycles. The second-order valence-corrected chi connectivity index (χ2v) is 4.12. The number of aryl methyl sites for hydroxylation is 1. The van der Waals surface area contributed by atoms with E-state index in [1.165, 1.54) is 16.7 Å². The van der Waals surface area contributed by atoms with Gasteiger partial charge in [0.2, 0.25) is 0 Å². The van der Waals surface area contributed by atoms with Gasteiger partial charge in [-0.1, -0.05) is 29.4 Å². The van der Waals surface area contributed by atoms with Crippen molar-refractivity contribution >= 4 is 0 Å². The van der Waals surface area contributed by atoms with E-state index < -0.39 is 0 Å². The summed E-state index contributed by atoms with van der Waals surface area (Å²) >= 11 is 0. The van der Waals surface area contributed by atoms with Crippen LogP contribution in [0.3, 0.4) is 0 Å². The molecule has 3 heteroatoms. The molecule has 3 nitrogen and oxygen atoms in total.